The molecule has 0 aliphatic carbocycles. The number of phenolic OH excluding ortho intramolecular Hbond substituents is 1. The molecule has 0 saturated heterocycles. The van der Waals surface area contributed by atoms with Gasteiger partial charge < -0.3 is 14.7 Å². The first-order valence-electron chi connectivity index (χ1n) is 11.7. The molecule has 0 aliphatic heterocycles. The molecule has 36 heavy (non-hydrogen) atoms. The molecule has 4 aromatic carbocycles. The van der Waals surface area contributed by atoms with Gasteiger partial charge in [-0.15, -0.1) is 29.8 Å². The molecule has 0 bridgehead atoms. The number of imidazole rings is 1. The second-order valence-corrected chi connectivity index (χ2v) is 8.99. The van der Waals surface area contributed by atoms with E-state index in [1.54, 1.807) is 6.07 Å². The Hall–Kier alpha value is -3.75. The van der Waals surface area contributed by atoms with E-state index < -0.39 is 0 Å². The first kappa shape index (κ1) is 24.0. The summed E-state index contributed by atoms with van der Waals surface area (Å²) in [7, 11) is 0. The van der Waals surface area contributed by atoms with E-state index in [0.29, 0.717) is 11.6 Å². The van der Waals surface area contributed by atoms with Crippen LogP contribution in [-0.4, -0.2) is 14.7 Å². The monoisotopic (exact) mass is 649 g/mol. The van der Waals surface area contributed by atoms with E-state index in [0.717, 1.165) is 33.4 Å². The first-order chi connectivity index (χ1) is 17.1. The predicted molar refractivity (Wildman–Crippen MR) is 139 cm³/mol. The number of hydrogen-bond acceptors (Lipinski definition) is 2. The molecule has 4 nitrogen and oxygen atoms in total. The van der Waals surface area contributed by atoms with Gasteiger partial charge in [0.25, 0.3) is 6.33 Å². The van der Waals surface area contributed by atoms with Gasteiger partial charge in [-0.25, -0.2) is 0 Å². The summed E-state index contributed by atoms with van der Waals surface area (Å²) in [6.45, 7) is 4.42. The smallest absolute Gasteiger partial charge is 0.511 e. The predicted octanol–water partition coefficient (Wildman–Crippen LogP) is 6.55. The van der Waals surface area contributed by atoms with E-state index in [4.69, 9.17) is 4.98 Å². The SMILES string of the molecule is CC(C)c1ccc2c(-c3[c-]c(-[n+]4[c-]n(-c5ccccc5O)c5ccccc54)ccc3)nccc2c1.[Pt+2]. The first-order valence-corrected chi connectivity index (χ1v) is 11.7. The van der Waals surface area contributed by atoms with Crippen LogP contribution in [0, 0.1) is 12.4 Å². The molecular formula is C31H24N3OPt+. The summed E-state index contributed by atoms with van der Waals surface area (Å²) < 4.78 is 3.86. The maximum atomic E-state index is 10.5. The number of aromatic hydroxyl groups is 1. The summed E-state index contributed by atoms with van der Waals surface area (Å²) in [6, 6.07) is 33.7. The van der Waals surface area contributed by atoms with Gasteiger partial charge in [-0.3, -0.25) is 4.57 Å². The zero-order valence-corrected chi connectivity index (χ0v) is 22.2. The number of para-hydroxylation sites is 4. The average Bonchev–Trinajstić information content (AvgIpc) is 3.28. The molecule has 6 rings (SSSR count). The Morgan fingerprint density at radius 3 is 2.53 bits per heavy atom. The van der Waals surface area contributed by atoms with Crippen LogP contribution in [-0.2, 0) is 21.1 Å². The summed E-state index contributed by atoms with van der Waals surface area (Å²) >= 11 is 0. The molecule has 5 heteroatoms. The van der Waals surface area contributed by atoms with Crippen LogP contribution in [0.4, 0.5) is 0 Å². The number of aromatic nitrogens is 3. The van der Waals surface area contributed by atoms with Crippen molar-refractivity contribution in [3.05, 3.63) is 115 Å². The fourth-order valence-electron chi connectivity index (χ4n) is 4.57. The van der Waals surface area contributed by atoms with E-state index >= 15 is 0 Å². The minimum Gasteiger partial charge on any atom is -0.511 e. The normalized spacial score (nSPS) is 11.2. The van der Waals surface area contributed by atoms with Crippen molar-refractivity contribution in [1.82, 2.24) is 9.55 Å². The Kier molecular flexibility index (Phi) is 6.47. The van der Waals surface area contributed by atoms with Gasteiger partial charge in [0.05, 0.1) is 11.0 Å². The number of hydrogen-bond donors (Lipinski definition) is 1. The van der Waals surface area contributed by atoms with Crippen LogP contribution in [0.5, 0.6) is 5.75 Å². The average molecular weight is 650 g/mol. The summed E-state index contributed by atoms with van der Waals surface area (Å²) in [5, 5.41) is 12.8. The van der Waals surface area contributed by atoms with Gasteiger partial charge in [-0.2, -0.15) is 0 Å². The van der Waals surface area contributed by atoms with Crippen molar-refractivity contribution in [1.29, 1.82) is 0 Å². The molecule has 0 spiro atoms. The quantitative estimate of drug-likeness (QED) is 0.174. The maximum Gasteiger partial charge on any atom is 2.00 e. The molecular weight excluding hydrogens is 625 g/mol. The van der Waals surface area contributed by atoms with Gasteiger partial charge in [0.2, 0.25) is 0 Å². The number of phenols is 1. The number of rotatable bonds is 4. The minimum absolute atomic E-state index is 0. The molecule has 2 aromatic heterocycles. The van der Waals surface area contributed by atoms with E-state index in [1.807, 2.05) is 76.0 Å². The number of nitrogens with zero attached hydrogens (tertiary/aromatic N) is 3. The Bertz CT molecular complexity index is 1700. The zero-order chi connectivity index (χ0) is 23.9. The summed E-state index contributed by atoms with van der Waals surface area (Å²) in [4.78, 5) is 4.72. The molecule has 1 N–H and O–H groups in total. The number of pyridine rings is 1. The number of fused-ring (bicyclic) bond motifs is 2. The standard InChI is InChI=1S/C31H24N3O.Pt/c1-21(2)22-14-15-26-23(18-22)16-17-32-31(26)24-8-7-9-25(19-24)33-20-34(28-11-4-3-10-27(28)33)29-12-5-6-13-30(29)35;/h3-18,21,35H,1-2H3;/q-1;+2. The minimum atomic E-state index is 0. The van der Waals surface area contributed by atoms with Gasteiger partial charge in [0.15, 0.2) is 0 Å². The molecule has 0 unspecified atom stereocenters. The van der Waals surface area contributed by atoms with Gasteiger partial charge in [0, 0.05) is 6.20 Å². The summed E-state index contributed by atoms with van der Waals surface area (Å²) in [5.41, 5.74) is 6.58. The van der Waals surface area contributed by atoms with E-state index in [2.05, 4.69) is 50.5 Å². The van der Waals surface area contributed by atoms with Gasteiger partial charge in [-0.1, -0.05) is 68.4 Å². The van der Waals surface area contributed by atoms with Gasteiger partial charge in [0.1, 0.15) is 11.4 Å². The second kappa shape index (κ2) is 9.72. The van der Waals surface area contributed by atoms with E-state index in [1.165, 1.54) is 10.9 Å². The third kappa shape index (κ3) is 4.12. The molecule has 0 radical (unpaired) electrons. The second-order valence-electron chi connectivity index (χ2n) is 8.99. The Balaban J connectivity index is 0.00000267. The third-order valence-electron chi connectivity index (χ3n) is 6.42. The Morgan fingerprint density at radius 2 is 1.69 bits per heavy atom. The molecule has 2 heterocycles. The van der Waals surface area contributed by atoms with Crippen LogP contribution in [0.25, 0.3) is 44.4 Å². The van der Waals surface area contributed by atoms with Crippen molar-refractivity contribution < 1.29 is 30.7 Å². The molecule has 0 saturated carbocycles. The van der Waals surface area contributed by atoms with Crippen LogP contribution in [0.15, 0.2) is 97.2 Å². The van der Waals surface area contributed by atoms with E-state index in [-0.39, 0.29) is 26.8 Å². The van der Waals surface area contributed by atoms with Gasteiger partial charge >= 0.3 is 21.1 Å². The van der Waals surface area contributed by atoms with Crippen molar-refractivity contribution >= 4 is 21.8 Å². The third-order valence-corrected chi connectivity index (χ3v) is 6.42. The van der Waals surface area contributed by atoms with Crippen LogP contribution in [0.3, 0.4) is 0 Å². The Morgan fingerprint density at radius 1 is 0.889 bits per heavy atom. The van der Waals surface area contributed by atoms with Crippen LogP contribution < -0.4 is 4.57 Å². The van der Waals surface area contributed by atoms with E-state index in [9.17, 15) is 5.11 Å². The van der Waals surface area contributed by atoms with Crippen molar-refractivity contribution in [2.45, 2.75) is 19.8 Å². The fraction of sp³-hybridized carbons (Fsp3) is 0.0968. The van der Waals surface area contributed by atoms with Gasteiger partial charge in [-0.05, 0) is 51.8 Å². The fourth-order valence-corrected chi connectivity index (χ4v) is 4.57. The van der Waals surface area contributed by atoms with Crippen molar-refractivity contribution in [2.75, 3.05) is 0 Å². The van der Waals surface area contributed by atoms with Crippen LogP contribution in [0.1, 0.15) is 25.3 Å². The topological polar surface area (TPSA) is 41.9 Å². The van der Waals surface area contributed by atoms with Crippen LogP contribution in [0.2, 0.25) is 0 Å². The van der Waals surface area contributed by atoms with Crippen molar-refractivity contribution in [3.63, 3.8) is 0 Å². The van der Waals surface area contributed by atoms with Crippen LogP contribution >= 0.6 is 0 Å². The van der Waals surface area contributed by atoms with Crippen molar-refractivity contribution in [2.24, 2.45) is 0 Å². The molecule has 0 amide bonds. The molecule has 0 aliphatic rings. The summed E-state index contributed by atoms with van der Waals surface area (Å²) in [5.74, 6) is 0.675. The summed E-state index contributed by atoms with van der Waals surface area (Å²) in [6.07, 6.45) is 5.29. The maximum absolute atomic E-state index is 10.5. The molecule has 178 valence electrons. The largest absolute Gasteiger partial charge is 2.00 e. The molecule has 0 atom stereocenters. The molecule has 0 fully saturated rings. The molecule has 6 aromatic rings. The Labute approximate surface area is 224 Å². The van der Waals surface area contributed by atoms with Crippen molar-refractivity contribution in [3.8, 4) is 28.4 Å². The zero-order valence-electron chi connectivity index (χ0n) is 19.9. The number of benzene rings is 4.